The van der Waals surface area contributed by atoms with Crippen molar-refractivity contribution in [1.82, 2.24) is 0 Å². The van der Waals surface area contributed by atoms with E-state index in [1.807, 2.05) is 0 Å². The van der Waals surface area contributed by atoms with Gasteiger partial charge in [-0.2, -0.15) is 0 Å². The monoisotopic (exact) mass is 190 g/mol. The summed E-state index contributed by atoms with van der Waals surface area (Å²) < 4.78 is 0. The van der Waals surface area contributed by atoms with E-state index in [0.717, 1.165) is 5.92 Å². The molecule has 14 heavy (non-hydrogen) atoms. The van der Waals surface area contributed by atoms with Crippen molar-refractivity contribution in [3.05, 3.63) is 35.9 Å². The minimum absolute atomic E-state index is 0.793. The maximum Gasteiger partial charge on any atom is -0.0162 e. The molecule has 0 aliphatic carbocycles. The summed E-state index contributed by atoms with van der Waals surface area (Å²) in [5, 5.41) is 0. The molecule has 0 fully saturated rings. The summed E-state index contributed by atoms with van der Waals surface area (Å²) in [6, 6.07) is 11.0. The summed E-state index contributed by atoms with van der Waals surface area (Å²) in [4.78, 5) is 0. The molecule has 0 aliphatic rings. The molecule has 0 heteroatoms. The fourth-order valence-electron chi connectivity index (χ4n) is 2.00. The first-order valence-corrected chi connectivity index (χ1v) is 5.93. The van der Waals surface area contributed by atoms with Crippen molar-refractivity contribution in [2.24, 2.45) is 0 Å². The average molecular weight is 190 g/mol. The van der Waals surface area contributed by atoms with Gasteiger partial charge in [0.25, 0.3) is 0 Å². The van der Waals surface area contributed by atoms with Crippen molar-refractivity contribution in [3.63, 3.8) is 0 Å². The number of hydrogen-bond donors (Lipinski definition) is 0. The number of unbranched alkanes of at least 4 members (excludes halogenated alkanes) is 1. The van der Waals surface area contributed by atoms with E-state index in [0.29, 0.717) is 0 Å². The maximum absolute atomic E-state index is 2.28. The van der Waals surface area contributed by atoms with E-state index in [1.54, 1.807) is 0 Å². The summed E-state index contributed by atoms with van der Waals surface area (Å²) >= 11 is 0. The van der Waals surface area contributed by atoms with Crippen LogP contribution in [0.15, 0.2) is 30.3 Å². The second kappa shape index (κ2) is 6.64. The zero-order valence-corrected chi connectivity index (χ0v) is 9.50. The third kappa shape index (κ3) is 3.53. The Hall–Kier alpha value is -0.780. The van der Waals surface area contributed by atoms with Crippen LogP contribution in [0.25, 0.3) is 0 Å². The van der Waals surface area contributed by atoms with Crippen molar-refractivity contribution in [2.45, 2.75) is 51.9 Å². The van der Waals surface area contributed by atoms with Crippen LogP contribution in [0.1, 0.15) is 57.4 Å². The van der Waals surface area contributed by atoms with Gasteiger partial charge in [0.15, 0.2) is 0 Å². The van der Waals surface area contributed by atoms with Crippen LogP contribution in [-0.2, 0) is 0 Å². The third-order valence-corrected chi connectivity index (χ3v) is 2.81. The average Bonchev–Trinajstić information content (AvgIpc) is 2.25. The van der Waals surface area contributed by atoms with Crippen LogP contribution in [0.3, 0.4) is 0 Å². The molecule has 1 rings (SSSR count). The van der Waals surface area contributed by atoms with Gasteiger partial charge >= 0.3 is 0 Å². The highest BCUT2D eigenvalue weighted by atomic mass is 14.1. The SMILES string of the molecule is CCCC[C@H](CCC)c1ccccc1. The highest BCUT2D eigenvalue weighted by molar-refractivity contribution is 5.19. The van der Waals surface area contributed by atoms with Crippen molar-refractivity contribution < 1.29 is 0 Å². The summed E-state index contributed by atoms with van der Waals surface area (Å²) in [5.41, 5.74) is 1.53. The molecule has 0 saturated carbocycles. The van der Waals surface area contributed by atoms with Gasteiger partial charge in [0.05, 0.1) is 0 Å². The largest absolute Gasteiger partial charge is 0.0654 e. The smallest absolute Gasteiger partial charge is 0.0162 e. The molecule has 0 unspecified atom stereocenters. The first-order valence-electron chi connectivity index (χ1n) is 5.93. The van der Waals surface area contributed by atoms with Crippen molar-refractivity contribution in [1.29, 1.82) is 0 Å². The van der Waals surface area contributed by atoms with Crippen LogP contribution in [0, 0.1) is 0 Å². The second-order valence-corrected chi connectivity index (χ2v) is 4.04. The summed E-state index contributed by atoms with van der Waals surface area (Å²) in [6.07, 6.45) is 6.66. The van der Waals surface area contributed by atoms with E-state index >= 15 is 0 Å². The van der Waals surface area contributed by atoms with Crippen LogP contribution < -0.4 is 0 Å². The van der Waals surface area contributed by atoms with Gasteiger partial charge in [-0.25, -0.2) is 0 Å². The Labute approximate surface area is 88.4 Å². The van der Waals surface area contributed by atoms with Gasteiger partial charge in [-0.15, -0.1) is 0 Å². The van der Waals surface area contributed by atoms with Gasteiger partial charge in [0.1, 0.15) is 0 Å². The van der Waals surface area contributed by atoms with Gasteiger partial charge in [-0.3, -0.25) is 0 Å². The van der Waals surface area contributed by atoms with Crippen molar-refractivity contribution in [2.75, 3.05) is 0 Å². The minimum atomic E-state index is 0.793. The van der Waals surface area contributed by atoms with E-state index in [2.05, 4.69) is 44.2 Å². The molecule has 0 radical (unpaired) electrons. The first kappa shape index (κ1) is 11.3. The summed E-state index contributed by atoms with van der Waals surface area (Å²) in [5.74, 6) is 0.793. The third-order valence-electron chi connectivity index (χ3n) is 2.81. The Bertz CT molecular complexity index is 225. The lowest BCUT2D eigenvalue weighted by Gasteiger charge is -2.15. The van der Waals surface area contributed by atoms with Gasteiger partial charge < -0.3 is 0 Å². The molecule has 1 atom stereocenters. The van der Waals surface area contributed by atoms with Gasteiger partial charge in [-0.1, -0.05) is 63.4 Å². The predicted molar refractivity (Wildman–Crippen MR) is 63.6 cm³/mol. The number of rotatable bonds is 6. The Kier molecular flexibility index (Phi) is 5.36. The molecule has 0 nitrogen and oxygen atoms in total. The molecule has 78 valence electrons. The molecule has 0 aromatic heterocycles. The lowest BCUT2D eigenvalue weighted by Crippen LogP contribution is -1.98. The van der Waals surface area contributed by atoms with Crippen LogP contribution in [-0.4, -0.2) is 0 Å². The molecule has 0 aliphatic heterocycles. The van der Waals surface area contributed by atoms with Crippen molar-refractivity contribution in [3.8, 4) is 0 Å². The maximum atomic E-state index is 2.28. The lowest BCUT2D eigenvalue weighted by atomic mass is 9.90. The van der Waals surface area contributed by atoms with E-state index in [4.69, 9.17) is 0 Å². The number of hydrogen-bond acceptors (Lipinski definition) is 0. The topological polar surface area (TPSA) is 0 Å². The van der Waals surface area contributed by atoms with E-state index in [1.165, 1.54) is 37.7 Å². The van der Waals surface area contributed by atoms with Crippen LogP contribution in [0.4, 0.5) is 0 Å². The Morgan fingerprint density at radius 1 is 0.929 bits per heavy atom. The van der Waals surface area contributed by atoms with Gasteiger partial charge in [-0.05, 0) is 24.3 Å². The summed E-state index contributed by atoms with van der Waals surface area (Å²) in [6.45, 7) is 4.55. The fraction of sp³-hybridized carbons (Fsp3) is 0.571. The molecule has 0 bridgehead atoms. The van der Waals surface area contributed by atoms with Gasteiger partial charge in [0, 0.05) is 0 Å². The molecule has 0 N–H and O–H groups in total. The Morgan fingerprint density at radius 3 is 2.21 bits per heavy atom. The van der Waals surface area contributed by atoms with Crippen LogP contribution in [0.2, 0.25) is 0 Å². The molecule has 0 saturated heterocycles. The van der Waals surface area contributed by atoms with E-state index < -0.39 is 0 Å². The minimum Gasteiger partial charge on any atom is -0.0654 e. The zero-order chi connectivity index (χ0) is 10.2. The molecule has 1 aromatic carbocycles. The predicted octanol–water partition coefficient (Wildman–Crippen LogP) is 4.76. The molecular weight excluding hydrogens is 168 g/mol. The van der Waals surface area contributed by atoms with Crippen molar-refractivity contribution >= 4 is 0 Å². The number of benzene rings is 1. The quantitative estimate of drug-likeness (QED) is 0.606. The second-order valence-electron chi connectivity index (χ2n) is 4.04. The highest BCUT2D eigenvalue weighted by Crippen LogP contribution is 2.26. The normalized spacial score (nSPS) is 12.7. The van der Waals surface area contributed by atoms with Crippen LogP contribution >= 0.6 is 0 Å². The van der Waals surface area contributed by atoms with Crippen LogP contribution in [0.5, 0.6) is 0 Å². The summed E-state index contributed by atoms with van der Waals surface area (Å²) in [7, 11) is 0. The van der Waals surface area contributed by atoms with E-state index in [-0.39, 0.29) is 0 Å². The molecule has 0 spiro atoms. The fourth-order valence-corrected chi connectivity index (χ4v) is 2.00. The Balaban J connectivity index is 2.58. The molecule has 1 aromatic rings. The highest BCUT2D eigenvalue weighted by Gasteiger charge is 2.08. The molecule has 0 amide bonds. The first-order chi connectivity index (χ1) is 6.88. The molecular formula is C14H22. The molecule has 0 heterocycles. The standard InChI is InChI=1S/C14H22/c1-3-5-10-13(9-4-2)14-11-7-6-8-12-14/h6-8,11-13H,3-5,9-10H2,1-2H3/t13-/m0/s1. The van der Waals surface area contributed by atoms with E-state index in [9.17, 15) is 0 Å². The van der Waals surface area contributed by atoms with Gasteiger partial charge in [0.2, 0.25) is 0 Å². The lowest BCUT2D eigenvalue weighted by molar-refractivity contribution is 0.541. The zero-order valence-electron chi connectivity index (χ0n) is 9.50. The Morgan fingerprint density at radius 2 is 1.64 bits per heavy atom.